The molecule has 0 saturated carbocycles. The molecule has 0 aromatic heterocycles. The molecule has 1 aromatic rings. The molecular weight excluding hydrogens is 288 g/mol. The molecule has 0 spiro atoms. The lowest BCUT2D eigenvalue weighted by atomic mass is 10.1. The van der Waals surface area contributed by atoms with Gasteiger partial charge in [-0.1, -0.05) is 12.1 Å². The second-order valence-electron chi connectivity index (χ2n) is 5.53. The van der Waals surface area contributed by atoms with Crippen LogP contribution in [0.25, 0.3) is 0 Å². The lowest BCUT2D eigenvalue weighted by Gasteiger charge is -2.25. The first-order valence-electron chi connectivity index (χ1n) is 6.96. The van der Waals surface area contributed by atoms with Crippen molar-refractivity contribution in [1.82, 2.24) is 5.32 Å². The van der Waals surface area contributed by atoms with Gasteiger partial charge in [-0.3, -0.25) is 9.10 Å². The fourth-order valence-electron chi connectivity index (χ4n) is 2.07. The monoisotopic (exact) mass is 312 g/mol. The second-order valence-corrected chi connectivity index (χ2v) is 7.43. The van der Waals surface area contributed by atoms with Crippen LogP contribution in [0, 0.1) is 13.8 Å². The van der Waals surface area contributed by atoms with Gasteiger partial charge in [0.1, 0.15) is 0 Å². The van der Waals surface area contributed by atoms with Gasteiger partial charge in [0.05, 0.1) is 11.9 Å². The summed E-state index contributed by atoms with van der Waals surface area (Å²) >= 11 is 0. The Kier molecular flexibility index (Phi) is 5.78. The Balaban J connectivity index is 2.98. The Morgan fingerprint density at radius 2 is 1.90 bits per heavy atom. The maximum Gasteiger partial charge on any atom is 0.232 e. The van der Waals surface area contributed by atoms with Crippen LogP contribution in [-0.2, 0) is 14.8 Å². The minimum absolute atomic E-state index is 0.0462. The molecule has 0 heterocycles. The third-order valence-electron chi connectivity index (χ3n) is 3.24. The zero-order valence-electron chi connectivity index (χ0n) is 13.3. The van der Waals surface area contributed by atoms with Crippen LogP contribution in [0.2, 0.25) is 0 Å². The van der Waals surface area contributed by atoms with Gasteiger partial charge >= 0.3 is 0 Å². The number of hydrogen-bond acceptors (Lipinski definition) is 3. The van der Waals surface area contributed by atoms with E-state index in [2.05, 4.69) is 5.32 Å². The number of anilines is 1. The summed E-state index contributed by atoms with van der Waals surface area (Å²) in [5.41, 5.74) is 2.56. The Morgan fingerprint density at radius 1 is 1.29 bits per heavy atom. The first kappa shape index (κ1) is 17.5. The van der Waals surface area contributed by atoms with Crippen molar-refractivity contribution in [2.45, 2.75) is 40.2 Å². The van der Waals surface area contributed by atoms with Crippen LogP contribution >= 0.6 is 0 Å². The maximum absolute atomic E-state index is 12.0. The normalized spacial score (nSPS) is 11.5. The number of benzene rings is 1. The minimum Gasteiger partial charge on any atom is -0.354 e. The molecule has 1 rings (SSSR count). The van der Waals surface area contributed by atoms with Crippen LogP contribution in [0.5, 0.6) is 0 Å². The smallest absolute Gasteiger partial charge is 0.232 e. The van der Waals surface area contributed by atoms with Gasteiger partial charge in [-0.2, -0.15) is 0 Å². The SMILES string of the molecule is Cc1cccc(N(CCC(=O)NC(C)C)S(C)(=O)=O)c1C. The van der Waals surface area contributed by atoms with Gasteiger partial charge < -0.3 is 5.32 Å². The van der Waals surface area contributed by atoms with E-state index in [1.54, 1.807) is 6.07 Å². The number of hydrogen-bond donors (Lipinski definition) is 1. The number of sulfonamides is 1. The number of nitrogens with zero attached hydrogens (tertiary/aromatic N) is 1. The summed E-state index contributed by atoms with van der Waals surface area (Å²) in [5.74, 6) is -0.149. The average molecular weight is 312 g/mol. The number of nitrogens with one attached hydrogen (secondary N) is 1. The van der Waals surface area contributed by atoms with Crippen LogP contribution < -0.4 is 9.62 Å². The third kappa shape index (κ3) is 5.04. The zero-order chi connectivity index (χ0) is 16.2. The van der Waals surface area contributed by atoms with Crippen molar-refractivity contribution in [2.24, 2.45) is 0 Å². The molecule has 0 saturated heterocycles. The standard InChI is InChI=1S/C15H24N2O3S/c1-11(2)16-15(18)9-10-17(21(5,19)20)14-8-6-7-12(3)13(14)4/h6-8,11H,9-10H2,1-5H3,(H,16,18). The summed E-state index contributed by atoms with van der Waals surface area (Å²) in [6, 6.07) is 5.57. The summed E-state index contributed by atoms with van der Waals surface area (Å²) in [4.78, 5) is 11.7. The summed E-state index contributed by atoms with van der Waals surface area (Å²) in [5, 5.41) is 2.77. The highest BCUT2D eigenvalue weighted by Crippen LogP contribution is 2.25. The van der Waals surface area contributed by atoms with Crippen LogP contribution in [-0.4, -0.2) is 33.2 Å². The van der Waals surface area contributed by atoms with E-state index >= 15 is 0 Å². The molecule has 0 aliphatic carbocycles. The van der Waals surface area contributed by atoms with Gasteiger partial charge in [-0.15, -0.1) is 0 Å². The molecule has 118 valence electrons. The lowest BCUT2D eigenvalue weighted by Crippen LogP contribution is -2.37. The summed E-state index contributed by atoms with van der Waals surface area (Å²) < 4.78 is 25.3. The average Bonchev–Trinajstić information content (AvgIpc) is 2.32. The Labute approximate surface area is 127 Å². The number of amides is 1. The minimum atomic E-state index is -3.43. The molecule has 0 aliphatic rings. The van der Waals surface area contributed by atoms with Crippen LogP contribution in [0.4, 0.5) is 5.69 Å². The maximum atomic E-state index is 12.0. The van der Waals surface area contributed by atoms with Crippen LogP contribution in [0.1, 0.15) is 31.4 Å². The lowest BCUT2D eigenvalue weighted by molar-refractivity contribution is -0.121. The number of aryl methyl sites for hydroxylation is 1. The molecular formula is C15H24N2O3S. The summed E-state index contributed by atoms with van der Waals surface area (Å²) in [6.07, 6.45) is 1.30. The summed E-state index contributed by atoms with van der Waals surface area (Å²) in [6.45, 7) is 7.71. The molecule has 21 heavy (non-hydrogen) atoms. The van der Waals surface area contributed by atoms with Crippen molar-refractivity contribution < 1.29 is 13.2 Å². The van der Waals surface area contributed by atoms with Crippen molar-refractivity contribution >= 4 is 21.6 Å². The Morgan fingerprint density at radius 3 is 2.43 bits per heavy atom. The van der Waals surface area contributed by atoms with E-state index < -0.39 is 10.0 Å². The molecule has 0 unspecified atom stereocenters. The molecule has 1 aromatic carbocycles. The molecule has 6 heteroatoms. The fraction of sp³-hybridized carbons (Fsp3) is 0.533. The van der Waals surface area contributed by atoms with Crippen molar-refractivity contribution in [3.8, 4) is 0 Å². The first-order valence-corrected chi connectivity index (χ1v) is 8.81. The van der Waals surface area contributed by atoms with Crippen molar-refractivity contribution in [3.05, 3.63) is 29.3 Å². The van der Waals surface area contributed by atoms with Crippen LogP contribution in [0.3, 0.4) is 0 Å². The van der Waals surface area contributed by atoms with E-state index in [1.165, 1.54) is 4.31 Å². The van der Waals surface area contributed by atoms with E-state index in [9.17, 15) is 13.2 Å². The molecule has 1 amide bonds. The fourth-order valence-corrected chi connectivity index (χ4v) is 3.05. The van der Waals surface area contributed by atoms with Gasteiger partial charge in [-0.05, 0) is 44.9 Å². The predicted molar refractivity (Wildman–Crippen MR) is 86.0 cm³/mol. The largest absolute Gasteiger partial charge is 0.354 e. The quantitative estimate of drug-likeness (QED) is 0.873. The predicted octanol–water partition coefficient (Wildman–Crippen LogP) is 1.98. The highest BCUT2D eigenvalue weighted by atomic mass is 32.2. The third-order valence-corrected chi connectivity index (χ3v) is 4.42. The van der Waals surface area contributed by atoms with Gasteiger partial charge in [0, 0.05) is 19.0 Å². The Bertz CT molecular complexity index is 609. The van der Waals surface area contributed by atoms with Crippen molar-refractivity contribution in [3.63, 3.8) is 0 Å². The Hall–Kier alpha value is -1.56. The molecule has 5 nitrogen and oxygen atoms in total. The molecule has 0 fully saturated rings. The van der Waals surface area contributed by atoms with Crippen molar-refractivity contribution in [2.75, 3.05) is 17.1 Å². The second kappa shape index (κ2) is 6.93. The number of carbonyl (C=O) groups is 1. The van der Waals surface area contributed by atoms with E-state index in [4.69, 9.17) is 0 Å². The van der Waals surface area contributed by atoms with E-state index in [0.29, 0.717) is 5.69 Å². The molecule has 0 bridgehead atoms. The highest BCUT2D eigenvalue weighted by Gasteiger charge is 2.20. The van der Waals surface area contributed by atoms with E-state index in [0.717, 1.165) is 17.4 Å². The van der Waals surface area contributed by atoms with Gasteiger partial charge in [0.15, 0.2) is 0 Å². The zero-order valence-corrected chi connectivity index (χ0v) is 14.1. The highest BCUT2D eigenvalue weighted by molar-refractivity contribution is 7.92. The van der Waals surface area contributed by atoms with Gasteiger partial charge in [0.2, 0.25) is 15.9 Å². The van der Waals surface area contributed by atoms with Gasteiger partial charge in [-0.25, -0.2) is 8.42 Å². The number of rotatable bonds is 6. The topological polar surface area (TPSA) is 66.5 Å². The van der Waals surface area contributed by atoms with Crippen LogP contribution in [0.15, 0.2) is 18.2 Å². The summed E-state index contributed by atoms with van der Waals surface area (Å²) in [7, 11) is -3.43. The van der Waals surface area contributed by atoms with Crippen molar-refractivity contribution in [1.29, 1.82) is 0 Å². The molecule has 1 N–H and O–H groups in total. The molecule has 0 aliphatic heterocycles. The van der Waals surface area contributed by atoms with Gasteiger partial charge in [0.25, 0.3) is 0 Å². The van der Waals surface area contributed by atoms with E-state index in [-0.39, 0.29) is 24.9 Å². The molecule has 0 atom stereocenters. The first-order chi connectivity index (χ1) is 9.62. The number of carbonyl (C=O) groups excluding carboxylic acids is 1. The molecule has 0 radical (unpaired) electrons. The van der Waals surface area contributed by atoms with E-state index in [1.807, 2.05) is 39.8 Å².